The molecule has 0 spiro atoms. The van der Waals surface area contributed by atoms with Crippen molar-refractivity contribution in [3.63, 3.8) is 0 Å². The third kappa shape index (κ3) is 4.88. The number of hydrogen-bond acceptors (Lipinski definition) is 9. The van der Waals surface area contributed by atoms with Crippen LogP contribution in [-0.4, -0.2) is 94.0 Å². The fourth-order valence-electron chi connectivity index (χ4n) is 6.73. The van der Waals surface area contributed by atoms with Crippen LogP contribution in [0.5, 0.6) is 5.75 Å². The highest BCUT2D eigenvalue weighted by molar-refractivity contribution is 6.25. The topological polar surface area (TPSA) is 139 Å². The number of Topliss-reactive ketones (excluding diaryl/α,β-unsaturated/α-hetero) is 3. The van der Waals surface area contributed by atoms with Crippen LogP contribution < -0.4 is 0 Å². The molecule has 4 rings (SSSR count). The molecule has 1 saturated carbocycles. The Morgan fingerprint density at radius 1 is 1.07 bits per heavy atom. The summed E-state index contributed by atoms with van der Waals surface area (Å²) < 4.78 is 0. The fraction of sp³-hybridized carbons (Fsp3) is 0.581. The maximum atomic E-state index is 14.1. The van der Waals surface area contributed by atoms with E-state index >= 15 is 0 Å². The number of likely N-dealkylation sites (N-methyl/N-ethyl adjacent to an activating group) is 1. The van der Waals surface area contributed by atoms with Crippen LogP contribution in [0.2, 0.25) is 0 Å². The number of benzene rings is 1. The molecule has 0 unspecified atom stereocenters. The minimum absolute atomic E-state index is 0.0678. The zero-order valence-corrected chi connectivity index (χ0v) is 24.5. The number of aromatic hydroxyl groups is 1. The van der Waals surface area contributed by atoms with E-state index in [0.717, 1.165) is 24.1 Å². The Morgan fingerprint density at radius 3 is 2.30 bits per heavy atom. The average Bonchev–Trinajstić information content (AvgIpc) is 2.81. The first-order valence-corrected chi connectivity index (χ1v) is 13.9. The van der Waals surface area contributed by atoms with Gasteiger partial charge in [-0.05, 0) is 88.9 Å². The van der Waals surface area contributed by atoms with Gasteiger partial charge in [-0.15, -0.1) is 0 Å². The molecule has 1 aromatic carbocycles. The van der Waals surface area contributed by atoms with Crippen molar-refractivity contribution >= 4 is 23.1 Å². The lowest BCUT2D eigenvalue weighted by atomic mass is 9.57. The summed E-state index contributed by atoms with van der Waals surface area (Å²) >= 11 is 0. The second-order valence-corrected chi connectivity index (χ2v) is 13.3. The minimum atomic E-state index is -2.57. The maximum absolute atomic E-state index is 14.1. The Labute approximate surface area is 235 Å². The lowest BCUT2D eigenvalue weighted by Gasteiger charge is -2.50. The first-order valence-electron chi connectivity index (χ1n) is 13.9. The van der Waals surface area contributed by atoms with E-state index < -0.39 is 63.3 Å². The first-order chi connectivity index (χ1) is 18.5. The van der Waals surface area contributed by atoms with Crippen molar-refractivity contribution in [1.29, 1.82) is 0 Å². The van der Waals surface area contributed by atoms with E-state index in [0.29, 0.717) is 12.8 Å². The number of hydrogen-bond donors (Lipinski definition) is 4. The second-order valence-electron chi connectivity index (χ2n) is 13.3. The molecule has 0 amide bonds. The molecule has 0 radical (unpaired) electrons. The Balaban J connectivity index is 1.87. The monoisotopic (exact) mass is 554 g/mol. The Kier molecular flexibility index (Phi) is 7.81. The van der Waals surface area contributed by atoms with Gasteiger partial charge in [-0.1, -0.05) is 26.8 Å². The molecule has 0 heterocycles. The van der Waals surface area contributed by atoms with Crippen LogP contribution in [0.1, 0.15) is 56.7 Å². The van der Waals surface area contributed by atoms with Gasteiger partial charge < -0.3 is 25.3 Å². The number of aryl methyl sites for hydroxylation is 1. The predicted octanol–water partition coefficient (Wildman–Crippen LogP) is 2.98. The van der Waals surface area contributed by atoms with Crippen molar-refractivity contribution in [1.82, 2.24) is 9.80 Å². The van der Waals surface area contributed by atoms with Crippen LogP contribution in [-0.2, 0) is 27.2 Å². The van der Waals surface area contributed by atoms with Gasteiger partial charge in [0.2, 0.25) is 5.78 Å². The van der Waals surface area contributed by atoms with Gasteiger partial charge in [0.15, 0.2) is 17.2 Å². The van der Waals surface area contributed by atoms with Gasteiger partial charge in [0.05, 0.1) is 11.6 Å². The Bertz CT molecular complexity index is 1320. The number of rotatable bonds is 7. The summed E-state index contributed by atoms with van der Waals surface area (Å²) in [5.74, 6) is -5.32. The molecule has 1 fully saturated rings. The molecule has 0 saturated heterocycles. The van der Waals surface area contributed by atoms with Crippen LogP contribution in [0.3, 0.4) is 0 Å². The summed E-state index contributed by atoms with van der Waals surface area (Å²) in [5, 5.41) is 45.5. The largest absolute Gasteiger partial charge is 0.508 e. The van der Waals surface area contributed by atoms with Crippen molar-refractivity contribution < 1.29 is 34.8 Å². The van der Waals surface area contributed by atoms with Gasteiger partial charge in [-0.3, -0.25) is 19.3 Å². The smallest absolute Gasteiger partial charge is 0.202 e. The molecule has 3 aliphatic carbocycles. The summed E-state index contributed by atoms with van der Waals surface area (Å²) in [4.78, 5) is 44.7. The second kappa shape index (κ2) is 10.4. The van der Waals surface area contributed by atoms with Crippen LogP contribution >= 0.6 is 0 Å². The molecule has 40 heavy (non-hydrogen) atoms. The predicted molar refractivity (Wildman–Crippen MR) is 151 cm³/mol. The van der Waals surface area contributed by atoms with E-state index in [2.05, 4.69) is 4.90 Å². The summed E-state index contributed by atoms with van der Waals surface area (Å²) in [6.07, 6.45) is 1.94. The molecule has 4 atom stereocenters. The molecular weight excluding hydrogens is 512 g/mol. The highest BCUT2D eigenvalue weighted by Gasteiger charge is 2.64. The van der Waals surface area contributed by atoms with Crippen LogP contribution in [0, 0.1) is 17.3 Å². The van der Waals surface area contributed by atoms with Gasteiger partial charge in [0.1, 0.15) is 22.8 Å². The third-order valence-corrected chi connectivity index (χ3v) is 8.48. The first kappa shape index (κ1) is 30.0. The van der Waals surface area contributed by atoms with Crippen LogP contribution in [0.15, 0.2) is 29.0 Å². The van der Waals surface area contributed by atoms with Gasteiger partial charge >= 0.3 is 0 Å². The SMILES string of the molecule is CN(C)CCCc1ccc(O)c2c1C[C@@H]1C[C@@H]3[C@@H](N(C)C)C(=O)C(C(=O)CC(C)(C)C)=C(O)[C@]3(O)C(=O)C1=C2O. The van der Waals surface area contributed by atoms with E-state index in [1.807, 2.05) is 40.9 Å². The molecule has 1 aromatic rings. The van der Waals surface area contributed by atoms with Crippen molar-refractivity contribution in [2.75, 3.05) is 34.7 Å². The number of ketones is 3. The molecule has 3 aliphatic rings. The van der Waals surface area contributed by atoms with Gasteiger partial charge in [0.25, 0.3) is 0 Å². The van der Waals surface area contributed by atoms with E-state index in [-0.39, 0.29) is 29.7 Å². The standard InChI is InChI=1S/C31H42N2O7/c1-30(2,3)15-21(35)24-27(37)25(33(6)7)19-14-17-13-18-16(9-8-12-32(4)5)10-11-20(34)23(18)26(36)22(17)28(38)31(19,40)29(24)39/h10-11,17,19,25,34,36,39-40H,8-9,12-15H2,1-7H3/t17-,19-,25-,31-/m1/s1. The molecule has 9 heteroatoms. The van der Waals surface area contributed by atoms with Crippen molar-refractivity contribution in [3.8, 4) is 5.75 Å². The van der Waals surface area contributed by atoms with Crippen molar-refractivity contribution in [2.45, 2.75) is 64.5 Å². The minimum Gasteiger partial charge on any atom is -0.508 e. The Morgan fingerprint density at radius 2 is 1.73 bits per heavy atom. The highest BCUT2D eigenvalue weighted by atomic mass is 16.3. The molecule has 218 valence electrons. The number of carbonyl (C=O) groups is 3. The maximum Gasteiger partial charge on any atom is 0.202 e. The van der Waals surface area contributed by atoms with Gasteiger partial charge in [-0.2, -0.15) is 0 Å². The van der Waals surface area contributed by atoms with Crippen molar-refractivity contribution in [2.24, 2.45) is 17.3 Å². The van der Waals surface area contributed by atoms with E-state index in [1.165, 1.54) is 6.07 Å². The van der Waals surface area contributed by atoms with E-state index in [4.69, 9.17) is 0 Å². The molecule has 0 aromatic heterocycles. The number of phenolic OH excluding ortho intramolecular Hbond substituents is 1. The number of aliphatic hydroxyl groups excluding tert-OH is 2. The van der Waals surface area contributed by atoms with Gasteiger partial charge in [0, 0.05) is 17.9 Å². The molecular formula is C31H42N2O7. The average molecular weight is 555 g/mol. The van der Waals surface area contributed by atoms with Gasteiger partial charge in [-0.25, -0.2) is 0 Å². The lowest BCUT2D eigenvalue weighted by Crippen LogP contribution is -2.65. The number of carbonyl (C=O) groups excluding carboxylic acids is 3. The normalized spacial score (nSPS) is 26.8. The third-order valence-electron chi connectivity index (χ3n) is 8.48. The number of fused-ring (bicyclic) bond motifs is 3. The quantitative estimate of drug-likeness (QED) is 0.375. The molecule has 4 N–H and O–H groups in total. The summed E-state index contributed by atoms with van der Waals surface area (Å²) in [6, 6.07) is 2.29. The number of nitrogens with zero attached hydrogens (tertiary/aromatic N) is 2. The van der Waals surface area contributed by atoms with Crippen LogP contribution in [0.4, 0.5) is 0 Å². The lowest BCUT2D eigenvalue weighted by molar-refractivity contribution is -0.153. The molecule has 0 aliphatic heterocycles. The molecule has 0 bridgehead atoms. The summed E-state index contributed by atoms with van der Waals surface area (Å²) in [7, 11) is 7.25. The van der Waals surface area contributed by atoms with Crippen LogP contribution in [0.25, 0.3) is 5.76 Å². The van der Waals surface area contributed by atoms with E-state index in [1.54, 1.807) is 19.0 Å². The number of phenols is 1. The highest BCUT2D eigenvalue weighted by Crippen LogP contribution is 2.53. The van der Waals surface area contributed by atoms with Crippen molar-refractivity contribution in [3.05, 3.63) is 45.7 Å². The van der Waals surface area contributed by atoms with E-state index in [9.17, 15) is 34.8 Å². The summed E-state index contributed by atoms with van der Waals surface area (Å²) in [6.45, 7) is 6.30. The zero-order chi connectivity index (χ0) is 29.9. The molecule has 9 nitrogen and oxygen atoms in total. The summed E-state index contributed by atoms with van der Waals surface area (Å²) in [5.41, 5.74) is -1.86. The zero-order valence-electron chi connectivity index (χ0n) is 24.5. The number of aliphatic hydroxyl groups is 3. The fourth-order valence-corrected chi connectivity index (χ4v) is 6.73. The Hall–Kier alpha value is -3.01.